The average molecular weight is 367 g/mol. The van der Waals surface area contributed by atoms with E-state index in [0.29, 0.717) is 16.8 Å². The summed E-state index contributed by atoms with van der Waals surface area (Å²) < 4.78 is 0. The highest BCUT2D eigenvalue weighted by Crippen LogP contribution is 2.24. The lowest BCUT2D eigenvalue weighted by Gasteiger charge is -2.22. The Morgan fingerprint density at radius 2 is 1.25 bits per heavy atom. The van der Waals surface area contributed by atoms with Crippen molar-refractivity contribution in [2.75, 3.05) is 5.06 Å². The summed E-state index contributed by atoms with van der Waals surface area (Å²) in [6.07, 6.45) is 0. The minimum atomic E-state index is -0.599. The Bertz CT molecular complexity index is 1120. The first-order valence-corrected chi connectivity index (χ1v) is 8.88. The van der Waals surface area contributed by atoms with Crippen LogP contribution in [0.3, 0.4) is 0 Å². The second kappa shape index (κ2) is 7.76. The number of carbonyl (C=O) groups excluding carboxylic acids is 2. The van der Waals surface area contributed by atoms with Crippen LogP contribution in [0.4, 0.5) is 5.69 Å². The molecule has 0 aliphatic rings. The van der Waals surface area contributed by atoms with Crippen molar-refractivity contribution < 1.29 is 14.4 Å². The van der Waals surface area contributed by atoms with E-state index in [1.807, 2.05) is 48.5 Å². The zero-order valence-corrected chi connectivity index (χ0v) is 15.0. The van der Waals surface area contributed by atoms with E-state index in [0.717, 1.165) is 15.8 Å². The van der Waals surface area contributed by atoms with Gasteiger partial charge in [0.05, 0.1) is 16.8 Å². The number of rotatable bonds is 3. The maximum absolute atomic E-state index is 13.4. The van der Waals surface area contributed by atoms with E-state index in [1.165, 1.54) is 0 Å². The van der Waals surface area contributed by atoms with Crippen molar-refractivity contribution in [2.24, 2.45) is 0 Å². The lowest BCUT2D eigenvalue weighted by Crippen LogP contribution is -2.33. The maximum atomic E-state index is 13.4. The minimum Gasteiger partial charge on any atom is -0.327 e. The van der Waals surface area contributed by atoms with E-state index in [-0.39, 0.29) is 0 Å². The van der Waals surface area contributed by atoms with Gasteiger partial charge in [-0.2, -0.15) is 0 Å². The Labute approximate surface area is 162 Å². The molecule has 0 saturated heterocycles. The van der Waals surface area contributed by atoms with Crippen molar-refractivity contribution in [3.05, 3.63) is 114 Å². The molecule has 4 nitrogen and oxygen atoms in total. The highest BCUT2D eigenvalue weighted by Gasteiger charge is 2.24. The summed E-state index contributed by atoms with van der Waals surface area (Å²) in [5.41, 5.74) is 1.31. The number of hydrogen-bond donors (Lipinski definition) is 0. The van der Waals surface area contributed by atoms with E-state index < -0.39 is 11.9 Å². The summed E-state index contributed by atoms with van der Waals surface area (Å²) in [6, 6.07) is 30.6. The molecule has 0 aliphatic carbocycles. The normalized spacial score (nSPS) is 10.4. The van der Waals surface area contributed by atoms with Gasteiger partial charge in [0.25, 0.3) is 5.91 Å². The molecule has 0 unspecified atom stereocenters. The Balaban J connectivity index is 1.75. The molecular weight excluding hydrogens is 350 g/mol. The summed E-state index contributed by atoms with van der Waals surface area (Å²) in [5, 5.41) is 2.79. The Kier molecular flexibility index (Phi) is 4.85. The van der Waals surface area contributed by atoms with E-state index in [1.54, 1.807) is 54.6 Å². The molecule has 0 fully saturated rings. The van der Waals surface area contributed by atoms with Gasteiger partial charge >= 0.3 is 5.97 Å². The van der Waals surface area contributed by atoms with Crippen LogP contribution in [0, 0.1) is 0 Å². The van der Waals surface area contributed by atoms with Crippen LogP contribution in [0.25, 0.3) is 10.8 Å². The molecule has 0 saturated carbocycles. The van der Waals surface area contributed by atoms with Gasteiger partial charge in [-0.05, 0) is 41.1 Å². The molecule has 0 aliphatic heterocycles. The van der Waals surface area contributed by atoms with Crippen molar-refractivity contribution in [3.8, 4) is 0 Å². The van der Waals surface area contributed by atoms with Crippen LogP contribution in [0.2, 0.25) is 0 Å². The summed E-state index contributed by atoms with van der Waals surface area (Å²) >= 11 is 0. The third-order valence-corrected chi connectivity index (χ3v) is 4.38. The lowest BCUT2D eigenvalue weighted by molar-refractivity contribution is 0.0410. The van der Waals surface area contributed by atoms with Crippen molar-refractivity contribution in [1.29, 1.82) is 0 Å². The lowest BCUT2D eigenvalue weighted by atomic mass is 10.0. The highest BCUT2D eigenvalue weighted by atomic mass is 16.7. The first-order chi connectivity index (χ1) is 13.7. The Morgan fingerprint density at radius 3 is 2.00 bits per heavy atom. The fourth-order valence-electron chi connectivity index (χ4n) is 3.01. The number of carbonyl (C=O) groups is 2. The number of benzene rings is 4. The SMILES string of the molecule is O=C(ON(C(=O)c1cccc2ccccc12)c1ccccc1)c1ccccc1. The molecule has 28 heavy (non-hydrogen) atoms. The predicted molar refractivity (Wildman–Crippen MR) is 109 cm³/mol. The maximum Gasteiger partial charge on any atom is 0.363 e. The van der Waals surface area contributed by atoms with Gasteiger partial charge in [-0.15, -0.1) is 5.06 Å². The molecular formula is C24H17NO3. The third-order valence-electron chi connectivity index (χ3n) is 4.38. The monoisotopic (exact) mass is 367 g/mol. The van der Waals surface area contributed by atoms with Crippen molar-refractivity contribution >= 4 is 28.3 Å². The number of para-hydroxylation sites is 1. The first kappa shape index (κ1) is 17.5. The van der Waals surface area contributed by atoms with Gasteiger partial charge in [-0.25, -0.2) is 4.79 Å². The van der Waals surface area contributed by atoms with Crippen LogP contribution >= 0.6 is 0 Å². The Hall–Kier alpha value is -3.92. The van der Waals surface area contributed by atoms with Gasteiger partial charge in [0.2, 0.25) is 0 Å². The molecule has 4 rings (SSSR count). The van der Waals surface area contributed by atoms with Gasteiger partial charge in [-0.3, -0.25) is 4.79 Å². The van der Waals surface area contributed by atoms with Gasteiger partial charge in [0.15, 0.2) is 0 Å². The van der Waals surface area contributed by atoms with E-state index >= 15 is 0 Å². The molecule has 136 valence electrons. The fraction of sp³-hybridized carbons (Fsp3) is 0. The summed E-state index contributed by atoms with van der Waals surface area (Å²) in [6.45, 7) is 0. The number of hydroxylamine groups is 1. The van der Waals surface area contributed by atoms with E-state index in [2.05, 4.69) is 0 Å². The van der Waals surface area contributed by atoms with Gasteiger partial charge < -0.3 is 4.84 Å². The Morgan fingerprint density at radius 1 is 0.643 bits per heavy atom. The molecule has 0 spiro atoms. The fourth-order valence-corrected chi connectivity index (χ4v) is 3.01. The molecule has 0 atom stereocenters. The largest absolute Gasteiger partial charge is 0.363 e. The standard InChI is InChI=1S/C24H17NO3/c26-23(22-17-9-13-18-10-7-8-16-21(18)22)25(20-14-5-2-6-15-20)28-24(27)19-11-3-1-4-12-19/h1-17H. The molecule has 4 heteroatoms. The zero-order chi connectivity index (χ0) is 19.3. The first-order valence-electron chi connectivity index (χ1n) is 8.88. The van der Waals surface area contributed by atoms with Crippen LogP contribution in [-0.2, 0) is 4.84 Å². The molecule has 0 bridgehead atoms. The summed E-state index contributed by atoms with van der Waals surface area (Å²) in [4.78, 5) is 31.5. The minimum absolute atomic E-state index is 0.370. The highest BCUT2D eigenvalue weighted by molar-refractivity contribution is 6.14. The molecule has 0 aromatic heterocycles. The number of hydrogen-bond acceptors (Lipinski definition) is 3. The smallest absolute Gasteiger partial charge is 0.327 e. The van der Waals surface area contributed by atoms with Crippen LogP contribution in [0.15, 0.2) is 103 Å². The number of nitrogens with zero attached hydrogens (tertiary/aromatic N) is 1. The average Bonchev–Trinajstić information content (AvgIpc) is 2.77. The quantitative estimate of drug-likeness (QED) is 0.464. The molecule has 0 radical (unpaired) electrons. The predicted octanol–water partition coefficient (Wildman–Crippen LogP) is 5.26. The van der Waals surface area contributed by atoms with Crippen LogP contribution in [0.5, 0.6) is 0 Å². The molecule has 0 N–H and O–H groups in total. The number of amides is 1. The zero-order valence-electron chi connectivity index (χ0n) is 15.0. The summed E-state index contributed by atoms with van der Waals surface area (Å²) in [5.74, 6) is -1.01. The van der Waals surface area contributed by atoms with Crippen LogP contribution in [0.1, 0.15) is 20.7 Å². The number of fused-ring (bicyclic) bond motifs is 1. The summed E-state index contributed by atoms with van der Waals surface area (Å²) in [7, 11) is 0. The van der Waals surface area contributed by atoms with Gasteiger partial charge in [0, 0.05) is 0 Å². The van der Waals surface area contributed by atoms with Crippen LogP contribution < -0.4 is 5.06 Å². The second-order valence-electron chi connectivity index (χ2n) is 6.21. The third kappa shape index (κ3) is 3.48. The second-order valence-corrected chi connectivity index (χ2v) is 6.21. The van der Waals surface area contributed by atoms with Crippen molar-refractivity contribution in [1.82, 2.24) is 0 Å². The van der Waals surface area contributed by atoms with E-state index in [4.69, 9.17) is 4.84 Å². The topological polar surface area (TPSA) is 46.6 Å². The molecule has 4 aromatic rings. The molecule has 1 amide bonds. The van der Waals surface area contributed by atoms with Gasteiger partial charge in [0.1, 0.15) is 0 Å². The van der Waals surface area contributed by atoms with Crippen molar-refractivity contribution in [2.45, 2.75) is 0 Å². The van der Waals surface area contributed by atoms with Crippen molar-refractivity contribution in [3.63, 3.8) is 0 Å². The number of anilines is 1. The van der Waals surface area contributed by atoms with Crippen LogP contribution in [-0.4, -0.2) is 11.9 Å². The van der Waals surface area contributed by atoms with Gasteiger partial charge in [-0.1, -0.05) is 72.8 Å². The molecule has 4 aromatic carbocycles. The van der Waals surface area contributed by atoms with E-state index in [9.17, 15) is 9.59 Å². The molecule has 0 heterocycles.